The second-order valence-electron chi connectivity index (χ2n) is 3.91. The van der Waals surface area contributed by atoms with Crippen molar-refractivity contribution in [2.24, 2.45) is 0 Å². The summed E-state index contributed by atoms with van der Waals surface area (Å²) in [5.41, 5.74) is 0.773. The lowest BCUT2D eigenvalue weighted by atomic mass is 10.2. The summed E-state index contributed by atoms with van der Waals surface area (Å²) in [5.74, 6) is 0.301. The number of hydrogen-bond acceptors (Lipinski definition) is 4. The summed E-state index contributed by atoms with van der Waals surface area (Å²) in [7, 11) is 0. The largest absolute Gasteiger partial charge is 0.466 e. The Bertz CT molecular complexity index is 566. The molecule has 18 heavy (non-hydrogen) atoms. The van der Waals surface area contributed by atoms with Crippen LogP contribution in [0.4, 0.5) is 0 Å². The van der Waals surface area contributed by atoms with Gasteiger partial charge in [-0.3, -0.25) is 4.79 Å². The molecular weight excluding hydrogens is 234 g/mol. The first-order valence-corrected chi connectivity index (χ1v) is 5.48. The van der Waals surface area contributed by atoms with E-state index in [0.29, 0.717) is 22.8 Å². The summed E-state index contributed by atoms with van der Waals surface area (Å²) in [5, 5.41) is 0. The van der Waals surface area contributed by atoms with E-state index in [-0.39, 0.29) is 12.4 Å². The molecule has 5 nitrogen and oxygen atoms in total. The molecular formula is C13H13NO4. The number of ketones is 1. The van der Waals surface area contributed by atoms with Gasteiger partial charge in [0, 0.05) is 6.20 Å². The summed E-state index contributed by atoms with van der Waals surface area (Å²) in [6.45, 7) is 3.13. The second kappa shape index (κ2) is 4.91. The first-order chi connectivity index (χ1) is 8.58. The standard InChI is InChI=1S/C13H13NO4/c1-8-6-10(9(2)18-8)13(16)17-7-12(15)11-4-3-5-14-11/h3-6,14H,7H2,1-2H3. The number of H-pyrrole nitrogens is 1. The van der Waals surface area contributed by atoms with Gasteiger partial charge >= 0.3 is 5.97 Å². The number of carbonyl (C=O) groups is 2. The average molecular weight is 247 g/mol. The summed E-state index contributed by atoms with van der Waals surface area (Å²) in [6.07, 6.45) is 1.64. The minimum absolute atomic E-state index is 0.272. The van der Waals surface area contributed by atoms with Crippen molar-refractivity contribution in [3.8, 4) is 0 Å². The molecule has 1 N–H and O–H groups in total. The molecule has 0 aromatic carbocycles. The monoisotopic (exact) mass is 247 g/mol. The molecule has 5 heteroatoms. The van der Waals surface area contributed by atoms with Crippen LogP contribution < -0.4 is 0 Å². The van der Waals surface area contributed by atoms with Crippen molar-refractivity contribution in [2.45, 2.75) is 13.8 Å². The lowest BCUT2D eigenvalue weighted by Gasteiger charge is -2.02. The van der Waals surface area contributed by atoms with Gasteiger partial charge in [-0.05, 0) is 32.0 Å². The van der Waals surface area contributed by atoms with Gasteiger partial charge < -0.3 is 14.1 Å². The topological polar surface area (TPSA) is 72.3 Å². The number of nitrogens with one attached hydrogen (secondary N) is 1. The molecule has 0 saturated carbocycles. The molecule has 0 radical (unpaired) electrons. The summed E-state index contributed by atoms with van der Waals surface area (Å²) >= 11 is 0. The number of aromatic amines is 1. The fourth-order valence-corrected chi connectivity index (χ4v) is 1.62. The van der Waals surface area contributed by atoms with Crippen molar-refractivity contribution >= 4 is 11.8 Å². The molecule has 0 aliphatic rings. The van der Waals surface area contributed by atoms with Crippen LogP contribution in [0.25, 0.3) is 0 Å². The minimum Gasteiger partial charge on any atom is -0.466 e. The predicted octanol–water partition coefficient (Wildman–Crippen LogP) is 2.26. The van der Waals surface area contributed by atoms with Crippen molar-refractivity contribution in [1.29, 1.82) is 0 Å². The zero-order valence-electron chi connectivity index (χ0n) is 10.1. The number of aromatic nitrogens is 1. The van der Waals surface area contributed by atoms with Crippen LogP contribution in [0, 0.1) is 13.8 Å². The van der Waals surface area contributed by atoms with Gasteiger partial charge in [-0.25, -0.2) is 4.79 Å². The Labute approximate surface area is 104 Å². The number of carbonyl (C=O) groups excluding carboxylic acids is 2. The van der Waals surface area contributed by atoms with E-state index in [1.165, 1.54) is 0 Å². The number of furan rings is 1. The second-order valence-corrected chi connectivity index (χ2v) is 3.91. The number of rotatable bonds is 4. The molecule has 0 fully saturated rings. The summed E-state index contributed by atoms with van der Waals surface area (Å²) in [4.78, 5) is 26.1. The Kier molecular flexibility index (Phi) is 3.32. The van der Waals surface area contributed by atoms with Crippen LogP contribution in [0.2, 0.25) is 0 Å². The number of ether oxygens (including phenoxy) is 1. The maximum Gasteiger partial charge on any atom is 0.342 e. The maximum atomic E-state index is 11.7. The van der Waals surface area contributed by atoms with Crippen molar-refractivity contribution in [3.05, 3.63) is 47.2 Å². The molecule has 0 spiro atoms. The zero-order valence-corrected chi connectivity index (χ0v) is 10.1. The van der Waals surface area contributed by atoms with E-state index < -0.39 is 5.97 Å². The zero-order chi connectivity index (χ0) is 13.1. The quantitative estimate of drug-likeness (QED) is 0.664. The molecule has 0 aliphatic heterocycles. The van der Waals surface area contributed by atoms with E-state index in [0.717, 1.165) is 0 Å². The van der Waals surface area contributed by atoms with Gasteiger partial charge in [-0.1, -0.05) is 0 Å². The highest BCUT2D eigenvalue weighted by atomic mass is 16.5. The number of hydrogen-bond donors (Lipinski definition) is 1. The third kappa shape index (κ3) is 2.51. The molecule has 0 bridgehead atoms. The molecule has 0 aliphatic carbocycles. The average Bonchev–Trinajstić information content (AvgIpc) is 2.95. The van der Waals surface area contributed by atoms with Gasteiger partial charge in [0.1, 0.15) is 17.1 Å². The normalized spacial score (nSPS) is 10.3. The van der Waals surface area contributed by atoms with E-state index in [2.05, 4.69) is 4.98 Å². The molecule has 0 atom stereocenters. The first kappa shape index (κ1) is 12.2. The summed E-state index contributed by atoms with van der Waals surface area (Å²) in [6, 6.07) is 4.93. The predicted molar refractivity (Wildman–Crippen MR) is 63.6 cm³/mol. The van der Waals surface area contributed by atoms with Gasteiger partial charge in [0.15, 0.2) is 6.61 Å². The van der Waals surface area contributed by atoms with E-state index in [9.17, 15) is 9.59 Å². The van der Waals surface area contributed by atoms with Gasteiger partial charge in [0.2, 0.25) is 5.78 Å². The van der Waals surface area contributed by atoms with E-state index in [1.54, 1.807) is 38.2 Å². The third-order valence-corrected chi connectivity index (χ3v) is 2.49. The van der Waals surface area contributed by atoms with Crippen molar-refractivity contribution in [2.75, 3.05) is 6.61 Å². The Morgan fingerprint density at radius 1 is 1.39 bits per heavy atom. The Morgan fingerprint density at radius 2 is 2.17 bits per heavy atom. The molecule has 94 valence electrons. The summed E-state index contributed by atoms with van der Waals surface area (Å²) < 4.78 is 10.2. The van der Waals surface area contributed by atoms with E-state index >= 15 is 0 Å². The Hall–Kier alpha value is -2.30. The van der Waals surface area contributed by atoms with Crippen LogP contribution >= 0.6 is 0 Å². The number of esters is 1. The number of aryl methyl sites for hydroxylation is 2. The van der Waals surface area contributed by atoms with Gasteiger partial charge in [0.25, 0.3) is 0 Å². The molecule has 0 amide bonds. The van der Waals surface area contributed by atoms with E-state index in [1.807, 2.05) is 0 Å². The van der Waals surface area contributed by atoms with Crippen molar-refractivity contribution in [1.82, 2.24) is 4.98 Å². The van der Waals surface area contributed by atoms with Crippen molar-refractivity contribution in [3.63, 3.8) is 0 Å². The van der Waals surface area contributed by atoms with Gasteiger partial charge in [-0.2, -0.15) is 0 Å². The van der Waals surface area contributed by atoms with Crippen LogP contribution in [0.3, 0.4) is 0 Å². The van der Waals surface area contributed by atoms with Crippen LogP contribution in [0.1, 0.15) is 32.4 Å². The fourth-order valence-electron chi connectivity index (χ4n) is 1.62. The molecule has 0 saturated heterocycles. The lowest BCUT2D eigenvalue weighted by molar-refractivity contribution is 0.0472. The Morgan fingerprint density at radius 3 is 2.72 bits per heavy atom. The molecule has 0 unspecified atom stereocenters. The van der Waals surface area contributed by atoms with Crippen LogP contribution in [0.5, 0.6) is 0 Å². The smallest absolute Gasteiger partial charge is 0.342 e. The molecule has 2 heterocycles. The van der Waals surface area contributed by atoms with Gasteiger partial charge in [0.05, 0.1) is 5.69 Å². The highest BCUT2D eigenvalue weighted by molar-refractivity contribution is 5.98. The lowest BCUT2D eigenvalue weighted by Crippen LogP contribution is -2.14. The SMILES string of the molecule is Cc1cc(C(=O)OCC(=O)c2ccc[nH]2)c(C)o1. The molecule has 2 rings (SSSR count). The first-order valence-electron chi connectivity index (χ1n) is 5.48. The fraction of sp³-hybridized carbons (Fsp3) is 0.231. The third-order valence-electron chi connectivity index (χ3n) is 2.49. The van der Waals surface area contributed by atoms with Crippen molar-refractivity contribution < 1.29 is 18.7 Å². The maximum absolute atomic E-state index is 11.7. The van der Waals surface area contributed by atoms with Crippen LogP contribution in [-0.4, -0.2) is 23.3 Å². The van der Waals surface area contributed by atoms with Gasteiger partial charge in [-0.15, -0.1) is 0 Å². The minimum atomic E-state index is -0.552. The highest BCUT2D eigenvalue weighted by Gasteiger charge is 2.17. The Balaban J connectivity index is 1.97. The highest BCUT2D eigenvalue weighted by Crippen LogP contribution is 2.14. The molecule has 2 aromatic rings. The van der Waals surface area contributed by atoms with Crippen LogP contribution in [-0.2, 0) is 4.74 Å². The molecule has 2 aromatic heterocycles. The van der Waals surface area contributed by atoms with Crippen LogP contribution in [0.15, 0.2) is 28.8 Å². The van der Waals surface area contributed by atoms with E-state index in [4.69, 9.17) is 9.15 Å². The number of Topliss-reactive ketones (excluding diaryl/α,β-unsaturated/α-hetero) is 1.